The predicted octanol–water partition coefficient (Wildman–Crippen LogP) is 0.772. The molecule has 0 saturated carbocycles. The first kappa shape index (κ1) is 11.0. The van der Waals surface area contributed by atoms with Gasteiger partial charge in [-0.3, -0.25) is 0 Å². The van der Waals surface area contributed by atoms with E-state index in [0.717, 1.165) is 26.1 Å². The van der Waals surface area contributed by atoms with Gasteiger partial charge in [0.25, 0.3) is 0 Å². The Morgan fingerprint density at radius 1 is 1.62 bits per heavy atom. The fourth-order valence-corrected chi connectivity index (χ4v) is 1.75. The minimum Gasteiger partial charge on any atom is -0.395 e. The first-order chi connectivity index (χ1) is 6.27. The lowest BCUT2D eigenvalue weighted by molar-refractivity contribution is 0.169. The summed E-state index contributed by atoms with van der Waals surface area (Å²) in [7, 11) is 0. The van der Waals surface area contributed by atoms with Gasteiger partial charge in [0.05, 0.1) is 13.2 Å². The lowest BCUT2D eigenvalue weighted by Crippen LogP contribution is -2.42. The smallest absolute Gasteiger partial charge is 0.0584 e. The van der Waals surface area contributed by atoms with Crippen molar-refractivity contribution in [2.24, 2.45) is 5.92 Å². The normalized spacial score (nSPS) is 27.5. The second kappa shape index (κ2) is 5.58. The van der Waals surface area contributed by atoms with Gasteiger partial charge < -0.3 is 15.2 Å². The molecule has 1 aliphatic heterocycles. The van der Waals surface area contributed by atoms with Gasteiger partial charge in [-0.1, -0.05) is 6.92 Å². The molecule has 13 heavy (non-hydrogen) atoms. The summed E-state index contributed by atoms with van der Waals surface area (Å²) in [5.41, 5.74) is 0. The van der Waals surface area contributed by atoms with Gasteiger partial charge in [0.2, 0.25) is 0 Å². The van der Waals surface area contributed by atoms with Crippen LogP contribution in [-0.2, 0) is 4.74 Å². The first-order valence-corrected chi connectivity index (χ1v) is 5.22. The molecule has 1 heterocycles. The SMILES string of the molecule is CC[C@H](CO)NC(C)C1CCOC1. The Morgan fingerprint density at radius 2 is 2.38 bits per heavy atom. The van der Waals surface area contributed by atoms with Crippen LogP contribution in [0.15, 0.2) is 0 Å². The van der Waals surface area contributed by atoms with Crippen LogP contribution in [0.1, 0.15) is 26.7 Å². The fourth-order valence-electron chi connectivity index (χ4n) is 1.75. The van der Waals surface area contributed by atoms with E-state index in [0.29, 0.717) is 12.0 Å². The summed E-state index contributed by atoms with van der Waals surface area (Å²) < 4.78 is 5.32. The summed E-state index contributed by atoms with van der Waals surface area (Å²) >= 11 is 0. The number of rotatable bonds is 5. The number of hydrogen-bond donors (Lipinski definition) is 2. The zero-order valence-electron chi connectivity index (χ0n) is 8.62. The van der Waals surface area contributed by atoms with Crippen LogP contribution in [0, 0.1) is 5.92 Å². The summed E-state index contributed by atoms with van der Waals surface area (Å²) in [6.07, 6.45) is 2.13. The van der Waals surface area contributed by atoms with Gasteiger partial charge in [-0.15, -0.1) is 0 Å². The molecule has 0 bridgehead atoms. The minimum atomic E-state index is 0.231. The van der Waals surface area contributed by atoms with Crippen molar-refractivity contribution in [3.05, 3.63) is 0 Å². The van der Waals surface area contributed by atoms with Crippen molar-refractivity contribution in [1.82, 2.24) is 5.32 Å². The van der Waals surface area contributed by atoms with Gasteiger partial charge in [0.15, 0.2) is 0 Å². The highest BCUT2D eigenvalue weighted by molar-refractivity contribution is 4.78. The molecule has 0 radical (unpaired) electrons. The Bertz CT molecular complexity index is 131. The van der Waals surface area contributed by atoms with Crippen LogP contribution in [0.4, 0.5) is 0 Å². The maximum Gasteiger partial charge on any atom is 0.0584 e. The van der Waals surface area contributed by atoms with Gasteiger partial charge in [0.1, 0.15) is 0 Å². The molecule has 1 aliphatic rings. The average molecular weight is 187 g/mol. The molecule has 3 atom stereocenters. The first-order valence-electron chi connectivity index (χ1n) is 5.22. The number of nitrogens with one attached hydrogen (secondary N) is 1. The molecule has 3 nitrogen and oxygen atoms in total. The summed E-state index contributed by atoms with van der Waals surface area (Å²) in [5, 5.41) is 12.5. The third-order valence-corrected chi connectivity index (χ3v) is 2.88. The molecule has 3 heteroatoms. The average Bonchev–Trinajstić information content (AvgIpc) is 2.66. The van der Waals surface area contributed by atoms with E-state index in [1.807, 2.05) is 0 Å². The highest BCUT2D eigenvalue weighted by Crippen LogP contribution is 2.16. The Labute approximate surface area is 80.5 Å². The Hall–Kier alpha value is -0.120. The van der Waals surface area contributed by atoms with Crippen molar-refractivity contribution in [3.63, 3.8) is 0 Å². The number of ether oxygens (including phenoxy) is 1. The number of hydrogen-bond acceptors (Lipinski definition) is 3. The van der Waals surface area contributed by atoms with Crippen LogP contribution in [0.3, 0.4) is 0 Å². The third kappa shape index (κ3) is 3.25. The summed E-state index contributed by atoms with van der Waals surface area (Å²) in [6, 6.07) is 0.704. The summed E-state index contributed by atoms with van der Waals surface area (Å²) in [5.74, 6) is 0.626. The molecular formula is C10H21NO2. The standard InChI is InChI=1S/C10H21NO2/c1-3-10(6-12)11-8(2)9-4-5-13-7-9/h8-12H,3-7H2,1-2H3/t8?,9?,10-/m1/s1. The van der Waals surface area contributed by atoms with Crippen molar-refractivity contribution >= 4 is 0 Å². The second-order valence-electron chi connectivity index (χ2n) is 3.87. The van der Waals surface area contributed by atoms with Crippen LogP contribution in [0.2, 0.25) is 0 Å². The summed E-state index contributed by atoms with van der Waals surface area (Å²) in [6.45, 7) is 6.26. The molecule has 0 spiro atoms. The van der Waals surface area contributed by atoms with E-state index in [2.05, 4.69) is 19.2 Å². The Balaban J connectivity index is 2.25. The zero-order chi connectivity index (χ0) is 9.68. The van der Waals surface area contributed by atoms with Gasteiger partial charge in [0, 0.05) is 18.7 Å². The van der Waals surface area contributed by atoms with E-state index in [4.69, 9.17) is 9.84 Å². The maximum absolute atomic E-state index is 9.02. The number of aliphatic hydroxyl groups is 1. The molecule has 0 aromatic heterocycles. The Kier molecular flexibility index (Phi) is 4.70. The van der Waals surface area contributed by atoms with Crippen LogP contribution in [0.25, 0.3) is 0 Å². The molecular weight excluding hydrogens is 166 g/mol. The lowest BCUT2D eigenvalue weighted by atomic mass is 9.99. The van der Waals surface area contributed by atoms with Crippen LogP contribution in [0.5, 0.6) is 0 Å². The Morgan fingerprint density at radius 3 is 2.85 bits per heavy atom. The fraction of sp³-hybridized carbons (Fsp3) is 1.00. The summed E-state index contributed by atoms with van der Waals surface area (Å²) in [4.78, 5) is 0. The minimum absolute atomic E-state index is 0.231. The van der Waals surface area contributed by atoms with Crippen LogP contribution < -0.4 is 5.32 Å². The molecule has 0 aromatic rings. The maximum atomic E-state index is 9.02. The molecule has 1 rings (SSSR count). The van der Waals surface area contributed by atoms with Crippen molar-refractivity contribution in [1.29, 1.82) is 0 Å². The van der Waals surface area contributed by atoms with Gasteiger partial charge in [-0.2, -0.15) is 0 Å². The molecule has 1 saturated heterocycles. The molecule has 0 amide bonds. The van der Waals surface area contributed by atoms with E-state index < -0.39 is 0 Å². The van der Waals surface area contributed by atoms with E-state index in [9.17, 15) is 0 Å². The van der Waals surface area contributed by atoms with Crippen molar-refractivity contribution in [2.45, 2.75) is 38.8 Å². The third-order valence-electron chi connectivity index (χ3n) is 2.88. The van der Waals surface area contributed by atoms with Gasteiger partial charge >= 0.3 is 0 Å². The van der Waals surface area contributed by atoms with Crippen LogP contribution >= 0.6 is 0 Å². The topological polar surface area (TPSA) is 41.5 Å². The molecule has 2 N–H and O–H groups in total. The highest BCUT2D eigenvalue weighted by atomic mass is 16.5. The van der Waals surface area contributed by atoms with E-state index >= 15 is 0 Å². The highest BCUT2D eigenvalue weighted by Gasteiger charge is 2.23. The van der Waals surface area contributed by atoms with E-state index in [1.165, 1.54) is 0 Å². The molecule has 78 valence electrons. The lowest BCUT2D eigenvalue weighted by Gasteiger charge is -2.24. The largest absolute Gasteiger partial charge is 0.395 e. The van der Waals surface area contributed by atoms with Gasteiger partial charge in [-0.25, -0.2) is 0 Å². The van der Waals surface area contributed by atoms with Crippen molar-refractivity contribution in [2.75, 3.05) is 19.8 Å². The molecule has 0 aromatic carbocycles. The van der Waals surface area contributed by atoms with Crippen molar-refractivity contribution < 1.29 is 9.84 Å². The number of aliphatic hydroxyl groups excluding tert-OH is 1. The van der Waals surface area contributed by atoms with Gasteiger partial charge in [-0.05, 0) is 25.7 Å². The van der Waals surface area contributed by atoms with E-state index in [1.54, 1.807) is 0 Å². The molecule has 0 aliphatic carbocycles. The van der Waals surface area contributed by atoms with Crippen LogP contribution in [-0.4, -0.2) is 37.0 Å². The molecule has 1 fully saturated rings. The predicted molar refractivity (Wildman–Crippen MR) is 52.7 cm³/mol. The van der Waals surface area contributed by atoms with E-state index in [-0.39, 0.29) is 12.6 Å². The second-order valence-corrected chi connectivity index (χ2v) is 3.87. The van der Waals surface area contributed by atoms with Crippen molar-refractivity contribution in [3.8, 4) is 0 Å². The quantitative estimate of drug-likeness (QED) is 0.668. The zero-order valence-corrected chi connectivity index (χ0v) is 8.62. The monoisotopic (exact) mass is 187 g/mol. The molecule has 2 unspecified atom stereocenters.